The van der Waals surface area contributed by atoms with Gasteiger partial charge in [-0.1, -0.05) is 12.1 Å². The predicted molar refractivity (Wildman–Crippen MR) is 101 cm³/mol. The van der Waals surface area contributed by atoms with Crippen molar-refractivity contribution in [1.82, 2.24) is 29.6 Å². The molecular weight excluding hydrogens is 358 g/mol. The monoisotopic (exact) mass is 375 g/mol. The van der Waals surface area contributed by atoms with Crippen LogP contribution in [0.1, 0.15) is 29.2 Å². The van der Waals surface area contributed by atoms with Gasteiger partial charge in [-0.15, -0.1) is 15.3 Å². The Labute approximate surface area is 160 Å². The molecule has 0 unspecified atom stereocenters. The van der Waals surface area contributed by atoms with Crippen LogP contribution in [0.2, 0.25) is 0 Å². The van der Waals surface area contributed by atoms with E-state index in [1.54, 1.807) is 22.4 Å². The normalized spacial score (nSPS) is 16.1. The van der Waals surface area contributed by atoms with E-state index < -0.39 is 0 Å². The summed E-state index contributed by atoms with van der Waals surface area (Å²) in [6.07, 6.45) is 1.88. The van der Waals surface area contributed by atoms with Crippen LogP contribution < -0.4 is 10.1 Å². The Morgan fingerprint density at radius 3 is 2.96 bits per heavy atom. The first-order valence-corrected chi connectivity index (χ1v) is 8.85. The molecule has 1 aliphatic rings. The van der Waals surface area contributed by atoms with Crippen LogP contribution in [-0.4, -0.2) is 42.6 Å². The lowest BCUT2D eigenvalue weighted by Crippen LogP contribution is -2.25. The molecule has 4 heterocycles. The fourth-order valence-corrected chi connectivity index (χ4v) is 3.69. The van der Waals surface area contributed by atoms with E-state index in [0.29, 0.717) is 23.7 Å². The van der Waals surface area contributed by atoms with Gasteiger partial charge in [-0.25, -0.2) is 0 Å². The van der Waals surface area contributed by atoms with E-state index in [9.17, 15) is 4.79 Å². The average molecular weight is 375 g/mol. The van der Waals surface area contributed by atoms with Crippen molar-refractivity contribution in [2.45, 2.75) is 19.3 Å². The molecule has 0 radical (unpaired) electrons. The van der Waals surface area contributed by atoms with Gasteiger partial charge in [0.05, 0.1) is 12.8 Å². The zero-order chi connectivity index (χ0) is 19.3. The second-order valence-corrected chi connectivity index (χ2v) is 6.67. The first-order valence-electron chi connectivity index (χ1n) is 8.85. The van der Waals surface area contributed by atoms with E-state index in [2.05, 4.69) is 25.7 Å². The molecule has 1 amide bonds. The summed E-state index contributed by atoms with van der Waals surface area (Å²) < 4.78 is 8.59. The van der Waals surface area contributed by atoms with Crippen LogP contribution in [0.4, 0.5) is 5.82 Å². The van der Waals surface area contributed by atoms with Crippen molar-refractivity contribution in [3.05, 3.63) is 59.5 Å². The van der Waals surface area contributed by atoms with Gasteiger partial charge in [0, 0.05) is 17.9 Å². The lowest BCUT2D eigenvalue weighted by Gasteiger charge is -2.24. The number of hydrogen-bond acceptors (Lipinski definition) is 6. The third kappa shape index (κ3) is 2.51. The number of carbonyl (C=O) groups excluding carboxylic acids is 1. The molecule has 0 bridgehead atoms. The lowest BCUT2D eigenvalue weighted by atomic mass is 9.86. The summed E-state index contributed by atoms with van der Waals surface area (Å²) in [5.41, 5.74) is 3.48. The molecule has 1 atom stereocenters. The molecule has 9 heteroatoms. The molecule has 5 rings (SSSR count). The molecule has 0 fully saturated rings. The molecule has 140 valence electrons. The molecule has 0 aliphatic carbocycles. The van der Waals surface area contributed by atoms with Crippen LogP contribution in [0.15, 0.2) is 42.7 Å². The van der Waals surface area contributed by atoms with Crippen LogP contribution in [0.25, 0.3) is 11.5 Å². The van der Waals surface area contributed by atoms with Gasteiger partial charge in [-0.2, -0.15) is 14.3 Å². The SMILES string of the molecule is COc1cccc([C@@H]2CC(=O)Nc3c2c(C)nn3-c2ccc3nncn3n2)c1. The lowest BCUT2D eigenvalue weighted by molar-refractivity contribution is -0.116. The number of hydrogen-bond donors (Lipinski definition) is 1. The number of rotatable bonds is 3. The van der Waals surface area contributed by atoms with Gasteiger partial charge in [-0.05, 0) is 36.8 Å². The summed E-state index contributed by atoms with van der Waals surface area (Å²) in [6, 6.07) is 11.4. The van der Waals surface area contributed by atoms with Gasteiger partial charge in [0.2, 0.25) is 5.91 Å². The molecule has 3 aromatic heterocycles. The number of amides is 1. The maximum atomic E-state index is 12.5. The highest BCUT2D eigenvalue weighted by Crippen LogP contribution is 2.40. The first-order chi connectivity index (χ1) is 13.6. The summed E-state index contributed by atoms with van der Waals surface area (Å²) in [7, 11) is 1.63. The highest BCUT2D eigenvalue weighted by Gasteiger charge is 2.33. The molecule has 1 aliphatic heterocycles. The maximum absolute atomic E-state index is 12.5. The topological polar surface area (TPSA) is 99.2 Å². The molecule has 4 aromatic rings. The fraction of sp³-hybridized carbons (Fsp3) is 0.211. The van der Waals surface area contributed by atoms with Crippen LogP contribution in [-0.2, 0) is 4.79 Å². The smallest absolute Gasteiger partial charge is 0.226 e. The second-order valence-electron chi connectivity index (χ2n) is 6.67. The second kappa shape index (κ2) is 6.15. The minimum atomic E-state index is -0.105. The Kier molecular flexibility index (Phi) is 3.61. The number of aromatic nitrogens is 6. The van der Waals surface area contributed by atoms with Crippen molar-refractivity contribution < 1.29 is 9.53 Å². The highest BCUT2D eigenvalue weighted by molar-refractivity contribution is 5.95. The number of fused-ring (bicyclic) bond motifs is 2. The third-order valence-electron chi connectivity index (χ3n) is 4.96. The maximum Gasteiger partial charge on any atom is 0.226 e. The highest BCUT2D eigenvalue weighted by atomic mass is 16.5. The van der Waals surface area contributed by atoms with E-state index in [-0.39, 0.29) is 11.8 Å². The van der Waals surface area contributed by atoms with Crippen LogP contribution in [0.3, 0.4) is 0 Å². The van der Waals surface area contributed by atoms with Crippen molar-refractivity contribution in [1.29, 1.82) is 0 Å². The van der Waals surface area contributed by atoms with Crippen molar-refractivity contribution >= 4 is 17.4 Å². The summed E-state index contributed by atoms with van der Waals surface area (Å²) in [5, 5.41) is 19.9. The number of benzene rings is 1. The van der Waals surface area contributed by atoms with E-state index in [1.807, 2.05) is 37.3 Å². The minimum absolute atomic E-state index is 0.0631. The Morgan fingerprint density at radius 2 is 2.11 bits per heavy atom. The number of carbonyl (C=O) groups is 1. The molecule has 0 saturated heterocycles. The molecule has 28 heavy (non-hydrogen) atoms. The van der Waals surface area contributed by atoms with Gasteiger partial charge in [0.15, 0.2) is 11.5 Å². The van der Waals surface area contributed by atoms with Crippen LogP contribution in [0, 0.1) is 6.92 Å². The van der Waals surface area contributed by atoms with Crippen LogP contribution >= 0.6 is 0 Å². The number of anilines is 1. The molecule has 0 saturated carbocycles. The number of ether oxygens (including phenoxy) is 1. The van der Waals surface area contributed by atoms with E-state index in [4.69, 9.17) is 4.74 Å². The zero-order valence-electron chi connectivity index (χ0n) is 15.3. The first kappa shape index (κ1) is 16.4. The third-order valence-corrected chi connectivity index (χ3v) is 4.96. The fourth-order valence-electron chi connectivity index (χ4n) is 3.69. The van der Waals surface area contributed by atoms with Gasteiger partial charge < -0.3 is 10.1 Å². The molecule has 9 nitrogen and oxygen atoms in total. The van der Waals surface area contributed by atoms with Gasteiger partial charge >= 0.3 is 0 Å². The van der Waals surface area contributed by atoms with Crippen LogP contribution in [0.5, 0.6) is 5.75 Å². The van der Waals surface area contributed by atoms with Crippen molar-refractivity contribution in [3.63, 3.8) is 0 Å². The van der Waals surface area contributed by atoms with Gasteiger partial charge in [0.1, 0.15) is 17.9 Å². The summed E-state index contributed by atoms with van der Waals surface area (Å²) in [5.74, 6) is 1.80. The Balaban J connectivity index is 1.66. The Morgan fingerprint density at radius 1 is 1.21 bits per heavy atom. The molecule has 1 aromatic carbocycles. The predicted octanol–water partition coefficient (Wildman–Crippen LogP) is 2.10. The number of nitrogens with zero attached hydrogens (tertiary/aromatic N) is 6. The van der Waals surface area contributed by atoms with E-state index in [0.717, 1.165) is 22.6 Å². The van der Waals surface area contributed by atoms with Crippen molar-refractivity contribution in [3.8, 4) is 11.6 Å². The molecular formula is C19H17N7O2. The number of methoxy groups -OCH3 is 1. The van der Waals surface area contributed by atoms with Crippen molar-refractivity contribution in [2.24, 2.45) is 0 Å². The van der Waals surface area contributed by atoms with Gasteiger partial charge in [-0.3, -0.25) is 4.79 Å². The quantitative estimate of drug-likeness (QED) is 0.589. The average Bonchev–Trinajstić information content (AvgIpc) is 3.31. The molecule has 1 N–H and O–H groups in total. The largest absolute Gasteiger partial charge is 0.497 e. The number of nitrogens with one attached hydrogen (secondary N) is 1. The Bertz CT molecular complexity index is 1210. The zero-order valence-corrected chi connectivity index (χ0v) is 15.3. The van der Waals surface area contributed by atoms with Crippen molar-refractivity contribution in [2.75, 3.05) is 12.4 Å². The standard InChI is InChI=1S/C19H17N7O2/c1-11-18-14(12-4-3-5-13(8-12)28-2)9-17(27)21-19(18)26(23-11)16-7-6-15-22-20-10-25(15)24-16/h3-8,10,14H,9H2,1-2H3,(H,21,27)/t14-/m0/s1. The van der Waals surface area contributed by atoms with E-state index >= 15 is 0 Å². The molecule has 0 spiro atoms. The van der Waals surface area contributed by atoms with Gasteiger partial charge in [0.25, 0.3) is 0 Å². The summed E-state index contributed by atoms with van der Waals surface area (Å²) >= 11 is 0. The summed E-state index contributed by atoms with van der Waals surface area (Å²) in [4.78, 5) is 12.5. The number of aryl methyl sites for hydroxylation is 1. The van der Waals surface area contributed by atoms with E-state index in [1.165, 1.54) is 6.33 Å². The minimum Gasteiger partial charge on any atom is -0.497 e. The Hall–Kier alpha value is -3.75. The summed E-state index contributed by atoms with van der Waals surface area (Å²) in [6.45, 7) is 1.94.